The van der Waals surface area contributed by atoms with E-state index in [1.54, 1.807) is 12.3 Å². The molecule has 0 aromatic carbocycles. The van der Waals surface area contributed by atoms with Crippen LogP contribution in [0.15, 0.2) is 18.4 Å². The predicted octanol–water partition coefficient (Wildman–Crippen LogP) is 2.14. The molecule has 112 valence electrons. The van der Waals surface area contributed by atoms with Gasteiger partial charge in [-0.25, -0.2) is 15.0 Å². The van der Waals surface area contributed by atoms with Crippen molar-refractivity contribution in [3.8, 4) is 0 Å². The van der Waals surface area contributed by atoms with Crippen molar-refractivity contribution in [3.63, 3.8) is 0 Å². The minimum Gasteiger partial charge on any atom is -0.366 e. The van der Waals surface area contributed by atoms with E-state index in [4.69, 9.17) is 7.10 Å². The van der Waals surface area contributed by atoms with Crippen molar-refractivity contribution in [1.82, 2.24) is 15.0 Å². The predicted molar refractivity (Wildman–Crippen MR) is 85.3 cm³/mol. The molecule has 0 bridgehead atoms. The van der Waals surface area contributed by atoms with E-state index < -0.39 is 0 Å². The van der Waals surface area contributed by atoms with Crippen molar-refractivity contribution in [1.29, 1.82) is 0 Å². The van der Waals surface area contributed by atoms with Crippen LogP contribution in [0.2, 0.25) is 0 Å². The summed E-state index contributed by atoms with van der Waals surface area (Å²) in [5, 5.41) is 7.42. The quantitative estimate of drug-likeness (QED) is 0.798. The number of hydrogen-bond acceptors (Lipinski definition) is 6. The average molecular weight is 287 g/mol. The second kappa shape index (κ2) is 5.11. The van der Waals surface area contributed by atoms with Gasteiger partial charge in [0, 0.05) is 35.4 Å². The standard InChI is InChI=1S/C15H22N6/c1-9(2)19-13-12-10(4-5-17-13)8-18-14(20-12)21-15(3)6-11(16)7-15/h4-5,8-9,11H,6-7,16H2,1-3H3,(H,17,19)(H,18,20,21)/i5D. The summed E-state index contributed by atoms with van der Waals surface area (Å²) in [7, 11) is 0. The molecule has 0 unspecified atom stereocenters. The first-order valence-corrected chi connectivity index (χ1v) is 7.29. The highest BCUT2D eigenvalue weighted by molar-refractivity contribution is 5.88. The van der Waals surface area contributed by atoms with Crippen LogP contribution in [0.25, 0.3) is 10.9 Å². The Hall–Kier alpha value is -1.95. The number of aromatic nitrogens is 3. The summed E-state index contributed by atoms with van der Waals surface area (Å²) < 4.78 is 7.78. The van der Waals surface area contributed by atoms with Gasteiger partial charge in [-0.2, -0.15) is 0 Å². The van der Waals surface area contributed by atoms with Crippen LogP contribution in [0.3, 0.4) is 0 Å². The third-order valence-electron chi connectivity index (χ3n) is 3.70. The summed E-state index contributed by atoms with van der Waals surface area (Å²) in [6.07, 6.45) is 3.76. The zero-order chi connectivity index (χ0) is 15.9. The molecule has 1 aliphatic rings. The fraction of sp³-hybridized carbons (Fsp3) is 0.533. The second-order valence-corrected chi connectivity index (χ2v) is 6.38. The summed E-state index contributed by atoms with van der Waals surface area (Å²) in [4.78, 5) is 13.2. The second-order valence-electron chi connectivity index (χ2n) is 6.38. The summed E-state index contributed by atoms with van der Waals surface area (Å²) in [6.45, 7) is 6.19. The Morgan fingerprint density at radius 2 is 2.19 bits per heavy atom. The van der Waals surface area contributed by atoms with Crippen molar-refractivity contribution in [2.45, 2.75) is 51.2 Å². The molecule has 4 N–H and O–H groups in total. The number of nitrogens with zero attached hydrogens (tertiary/aromatic N) is 3. The van der Waals surface area contributed by atoms with Gasteiger partial charge in [0.15, 0.2) is 5.82 Å². The molecule has 2 aromatic rings. The molecule has 0 atom stereocenters. The maximum absolute atomic E-state index is 7.78. The van der Waals surface area contributed by atoms with Gasteiger partial charge in [0.25, 0.3) is 0 Å². The van der Waals surface area contributed by atoms with Gasteiger partial charge >= 0.3 is 0 Å². The highest BCUT2D eigenvalue weighted by Crippen LogP contribution is 2.33. The van der Waals surface area contributed by atoms with Crippen molar-refractivity contribution >= 4 is 22.7 Å². The van der Waals surface area contributed by atoms with Crippen LogP contribution in [0.1, 0.15) is 35.0 Å². The molecule has 2 heterocycles. The molecule has 0 radical (unpaired) electrons. The minimum atomic E-state index is -0.0402. The van der Waals surface area contributed by atoms with Gasteiger partial charge in [0.2, 0.25) is 5.95 Å². The molecule has 0 spiro atoms. The van der Waals surface area contributed by atoms with Crippen LogP contribution in [-0.4, -0.2) is 32.6 Å². The topological polar surface area (TPSA) is 88.8 Å². The Morgan fingerprint density at radius 1 is 1.43 bits per heavy atom. The number of pyridine rings is 1. The smallest absolute Gasteiger partial charge is 0.223 e. The first kappa shape index (κ1) is 12.8. The molecule has 6 nitrogen and oxygen atoms in total. The lowest BCUT2D eigenvalue weighted by Gasteiger charge is -2.43. The molecular formula is C15H22N6. The number of nitrogens with two attached hydrogens (primary N) is 1. The van der Waals surface area contributed by atoms with E-state index in [2.05, 4.69) is 32.5 Å². The van der Waals surface area contributed by atoms with E-state index in [1.807, 2.05) is 13.8 Å². The van der Waals surface area contributed by atoms with E-state index in [0.29, 0.717) is 11.8 Å². The fourth-order valence-electron chi connectivity index (χ4n) is 2.81. The van der Waals surface area contributed by atoms with Crippen LogP contribution in [0.5, 0.6) is 0 Å². The fourth-order valence-corrected chi connectivity index (χ4v) is 2.81. The number of fused-ring (bicyclic) bond motifs is 1. The van der Waals surface area contributed by atoms with Gasteiger partial charge in [-0.15, -0.1) is 0 Å². The Kier molecular flexibility index (Phi) is 3.11. The van der Waals surface area contributed by atoms with Gasteiger partial charge in [-0.05, 0) is 39.7 Å². The number of nitrogens with one attached hydrogen (secondary N) is 2. The van der Waals surface area contributed by atoms with Crippen LogP contribution >= 0.6 is 0 Å². The maximum Gasteiger partial charge on any atom is 0.223 e. The van der Waals surface area contributed by atoms with Crippen molar-refractivity contribution in [3.05, 3.63) is 18.4 Å². The Bertz CT molecular complexity index is 696. The SMILES string of the molecule is [2H]c1cc2cnc(NC3(C)CC(N)C3)nc2c(NC(C)C)n1. The van der Waals surface area contributed by atoms with Gasteiger partial charge in [0.1, 0.15) is 5.52 Å². The van der Waals surface area contributed by atoms with Crippen molar-refractivity contribution in [2.24, 2.45) is 5.73 Å². The third kappa shape index (κ3) is 2.90. The van der Waals surface area contributed by atoms with Crippen LogP contribution in [-0.2, 0) is 0 Å². The summed E-state index contributed by atoms with van der Waals surface area (Å²) in [6, 6.07) is 2.14. The van der Waals surface area contributed by atoms with Gasteiger partial charge in [-0.1, -0.05) is 0 Å². The Balaban J connectivity index is 1.95. The van der Waals surface area contributed by atoms with Crippen LogP contribution < -0.4 is 16.4 Å². The maximum atomic E-state index is 7.78. The summed E-state index contributed by atoms with van der Waals surface area (Å²) in [5.41, 5.74) is 6.56. The highest BCUT2D eigenvalue weighted by Gasteiger charge is 2.38. The molecule has 0 aliphatic heterocycles. The molecule has 6 heteroatoms. The molecule has 0 amide bonds. The van der Waals surface area contributed by atoms with Crippen molar-refractivity contribution in [2.75, 3.05) is 10.6 Å². The minimum absolute atomic E-state index is 0.0402. The molecule has 2 aromatic heterocycles. The lowest BCUT2D eigenvalue weighted by Crippen LogP contribution is -2.54. The number of hydrogen-bond donors (Lipinski definition) is 3. The molecule has 1 fully saturated rings. The molecule has 1 aliphatic carbocycles. The van der Waals surface area contributed by atoms with E-state index in [-0.39, 0.29) is 23.8 Å². The molecule has 0 saturated heterocycles. The van der Waals surface area contributed by atoms with Crippen LogP contribution in [0.4, 0.5) is 11.8 Å². The van der Waals surface area contributed by atoms with Gasteiger partial charge in [0.05, 0.1) is 1.37 Å². The van der Waals surface area contributed by atoms with Gasteiger partial charge < -0.3 is 16.4 Å². The first-order valence-electron chi connectivity index (χ1n) is 7.79. The zero-order valence-electron chi connectivity index (χ0n) is 13.6. The monoisotopic (exact) mass is 287 g/mol. The molecule has 3 rings (SSSR count). The molecular weight excluding hydrogens is 264 g/mol. The number of anilines is 2. The molecule has 1 saturated carbocycles. The lowest BCUT2D eigenvalue weighted by molar-refractivity contribution is 0.257. The largest absolute Gasteiger partial charge is 0.366 e. The zero-order valence-corrected chi connectivity index (χ0v) is 12.6. The highest BCUT2D eigenvalue weighted by atomic mass is 15.2. The molecule has 21 heavy (non-hydrogen) atoms. The summed E-state index contributed by atoms with van der Waals surface area (Å²) in [5.74, 6) is 1.20. The summed E-state index contributed by atoms with van der Waals surface area (Å²) >= 11 is 0. The van der Waals surface area contributed by atoms with E-state index in [9.17, 15) is 0 Å². The Labute approximate surface area is 126 Å². The normalized spacial score (nSPS) is 25.6. The van der Waals surface area contributed by atoms with E-state index in [1.165, 1.54) is 0 Å². The first-order chi connectivity index (χ1) is 10.3. The van der Waals surface area contributed by atoms with Crippen LogP contribution in [0, 0.1) is 0 Å². The third-order valence-corrected chi connectivity index (χ3v) is 3.70. The lowest BCUT2D eigenvalue weighted by atomic mass is 9.75. The van der Waals surface area contributed by atoms with E-state index >= 15 is 0 Å². The van der Waals surface area contributed by atoms with Gasteiger partial charge in [-0.3, -0.25) is 0 Å². The average Bonchev–Trinajstić information content (AvgIpc) is 2.37. The number of rotatable bonds is 4. The van der Waals surface area contributed by atoms with Crippen molar-refractivity contribution < 1.29 is 1.37 Å². The van der Waals surface area contributed by atoms with E-state index in [0.717, 1.165) is 23.7 Å². The Morgan fingerprint density at radius 3 is 2.86 bits per heavy atom.